The second-order valence-corrected chi connectivity index (χ2v) is 7.50. The number of hydrogen-bond acceptors (Lipinski definition) is 5. The molecular formula is C23H26N4O2. The van der Waals surface area contributed by atoms with Gasteiger partial charge in [-0.05, 0) is 43.7 Å². The van der Waals surface area contributed by atoms with Crippen LogP contribution in [0.3, 0.4) is 0 Å². The summed E-state index contributed by atoms with van der Waals surface area (Å²) in [7, 11) is 0. The molecule has 0 spiro atoms. The molecule has 0 saturated carbocycles. The summed E-state index contributed by atoms with van der Waals surface area (Å²) in [6, 6.07) is 14.0. The van der Waals surface area contributed by atoms with Crippen LogP contribution in [-0.2, 0) is 4.79 Å². The van der Waals surface area contributed by atoms with Crippen molar-refractivity contribution in [2.45, 2.75) is 26.9 Å². The maximum atomic E-state index is 12.9. The quantitative estimate of drug-likeness (QED) is 0.684. The van der Waals surface area contributed by atoms with Crippen LogP contribution in [0.4, 0.5) is 5.82 Å². The Kier molecular flexibility index (Phi) is 5.34. The zero-order chi connectivity index (χ0) is 20.4. The Morgan fingerprint density at radius 3 is 2.52 bits per heavy atom. The van der Waals surface area contributed by atoms with Crippen LogP contribution in [-0.4, -0.2) is 53.1 Å². The van der Waals surface area contributed by atoms with E-state index in [0.717, 1.165) is 41.1 Å². The molecule has 29 heavy (non-hydrogen) atoms. The van der Waals surface area contributed by atoms with Gasteiger partial charge in [0, 0.05) is 32.4 Å². The summed E-state index contributed by atoms with van der Waals surface area (Å²) in [6.07, 6.45) is 1.26. The SMILES string of the molecule is Cc1cnc(C)c(N2CCN(C(=O)[C@H](C)Oc3ccc4ccccc4c3)CC2)n1. The lowest BCUT2D eigenvalue weighted by molar-refractivity contribution is -0.138. The average Bonchev–Trinajstić information content (AvgIpc) is 2.75. The zero-order valence-electron chi connectivity index (χ0n) is 17.1. The molecule has 0 bridgehead atoms. The highest BCUT2D eigenvalue weighted by Crippen LogP contribution is 2.22. The molecule has 150 valence electrons. The first kappa shape index (κ1) is 19.2. The number of carbonyl (C=O) groups is 1. The molecule has 1 amide bonds. The second kappa shape index (κ2) is 8.07. The van der Waals surface area contributed by atoms with Gasteiger partial charge in [-0.15, -0.1) is 0 Å². The number of nitrogens with zero attached hydrogens (tertiary/aromatic N) is 4. The fourth-order valence-corrected chi connectivity index (χ4v) is 3.72. The van der Waals surface area contributed by atoms with E-state index >= 15 is 0 Å². The Morgan fingerprint density at radius 1 is 1.03 bits per heavy atom. The number of anilines is 1. The van der Waals surface area contributed by atoms with Gasteiger partial charge in [-0.25, -0.2) is 4.98 Å². The molecular weight excluding hydrogens is 364 g/mol. The maximum Gasteiger partial charge on any atom is 0.263 e. The first-order valence-corrected chi connectivity index (χ1v) is 10.0. The van der Waals surface area contributed by atoms with E-state index in [9.17, 15) is 4.79 Å². The van der Waals surface area contributed by atoms with Gasteiger partial charge in [0.2, 0.25) is 0 Å². The van der Waals surface area contributed by atoms with Gasteiger partial charge in [-0.1, -0.05) is 30.3 Å². The third kappa shape index (κ3) is 4.16. The number of benzene rings is 2. The van der Waals surface area contributed by atoms with Gasteiger partial charge in [-0.2, -0.15) is 0 Å². The molecule has 3 aromatic rings. The van der Waals surface area contributed by atoms with Crippen LogP contribution >= 0.6 is 0 Å². The zero-order valence-corrected chi connectivity index (χ0v) is 17.1. The molecule has 1 aliphatic heterocycles. The number of amides is 1. The van der Waals surface area contributed by atoms with Crippen LogP contribution in [0, 0.1) is 13.8 Å². The lowest BCUT2D eigenvalue weighted by Gasteiger charge is -2.36. The van der Waals surface area contributed by atoms with Crippen LogP contribution < -0.4 is 9.64 Å². The first-order valence-electron chi connectivity index (χ1n) is 10.0. The van der Waals surface area contributed by atoms with Crippen molar-refractivity contribution in [3.05, 3.63) is 60.0 Å². The van der Waals surface area contributed by atoms with E-state index in [1.165, 1.54) is 0 Å². The number of aromatic nitrogens is 2. The minimum atomic E-state index is -0.525. The molecule has 2 aromatic carbocycles. The van der Waals surface area contributed by atoms with E-state index in [1.54, 1.807) is 6.20 Å². The summed E-state index contributed by atoms with van der Waals surface area (Å²) in [4.78, 5) is 26.0. The largest absolute Gasteiger partial charge is 0.481 e. The molecule has 0 radical (unpaired) electrons. The van der Waals surface area contributed by atoms with Crippen LogP contribution in [0.2, 0.25) is 0 Å². The van der Waals surface area contributed by atoms with Crippen LogP contribution in [0.5, 0.6) is 5.75 Å². The Hall–Kier alpha value is -3.15. The van der Waals surface area contributed by atoms with Gasteiger partial charge in [0.1, 0.15) is 11.6 Å². The monoisotopic (exact) mass is 390 g/mol. The molecule has 1 fully saturated rings. The minimum Gasteiger partial charge on any atom is -0.481 e. The standard InChI is InChI=1S/C23H26N4O2/c1-16-15-24-17(2)22(25-16)26-10-12-27(13-11-26)23(28)18(3)29-21-9-8-19-6-4-5-7-20(19)14-21/h4-9,14-15,18H,10-13H2,1-3H3/t18-/m0/s1. The van der Waals surface area contributed by atoms with Crippen molar-refractivity contribution >= 4 is 22.5 Å². The van der Waals surface area contributed by atoms with Gasteiger partial charge < -0.3 is 14.5 Å². The van der Waals surface area contributed by atoms with Crippen molar-refractivity contribution in [2.75, 3.05) is 31.1 Å². The Morgan fingerprint density at radius 2 is 1.76 bits per heavy atom. The van der Waals surface area contributed by atoms with Gasteiger partial charge >= 0.3 is 0 Å². The van der Waals surface area contributed by atoms with Crippen molar-refractivity contribution in [1.82, 2.24) is 14.9 Å². The third-order valence-electron chi connectivity index (χ3n) is 5.32. The molecule has 4 rings (SSSR count). The summed E-state index contributed by atoms with van der Waals surface area (Å²) in [5.74, 6) is 1.65. The molecule has 2 heterocycles. The van der Waals surface area contributed by atoms with Crippen molar-refractivity contribution in [3.63, 3.8) is 0 Å². The van der Waals surface area contributed by atoms with Crippen LogP contribution in [0.1, 0.15) is 18.3 Å². The Labute approximate surface area is 171 Å². The molecule has 1 atom stereocenters. The number of hydrogen-bond donors (Lipinski definition) is 0. The topological polar surface area (TPSA) is 58.6 Å². The summed E-state index contributed by atoms with van der Waals surface area (Å²) >= 11 is 0. The molecule has 0 N–H and O–H groups in total. The number of aryl methyl sites for hydroxylation is 2. The highest BCUT2D eigenvalue weighted by Gasteiger charge is 2.27. The number of ether oxygens (including phenoxy) is 1. The van der Waals surface area contributed by atoms with Crippen LogP contribution in [0.15, 0.2) is 48.7 Å². The summed E-state index contributed by atoms with van der Waals surface area (Å²) < 4.78 is 5.96. The van der Waals surface area contributed by atoms with Gasteiger partial charge in [0.25, 0.3) is 5.91 Å². The van der Waals surface area contributed by atoms with Crippen molar-refractivity contribution in [3.8, 4) is 5.75 Å². The summed E-state index contributed by atoms with van der Waals surface area (Å²) in [5, 5.41) is 2.26. The van der Waals surface area contributed by atoms with E-state index in [2.05, 4.69) is 20.9 Å². The van der Waals surface area contributed by atoms with Gasteiger partial charge in [-0.3, -0.25) is 9.78 Å². The minimum absolute atomic E-state index is 0.0184. The van der Waals surface area contributed by atoms with Crippen molar-refractivity contribution < 1.29 is 9.53 Å². The lowest BCUT2D eigenvalue weighted by Crippen LogP contribution is -2.52. The summed E-state index contributed by atoms with van der Waals surface area (Å²) in [5.41, 5.74) is 1.82. The lowest BCUT2D eigenvalue weighted by atomic mass is 10.1. The average molecular weight is 390 g/mol. The molecule has 6 nitrogen and oxygen atoms in total. The maximum absolute atomic E-state index is 12.9. The fraction of sp³-hybridized carbons (Fsp3) is 0.348. The number of carbonyl (C=O) groups excluding carboxylic acids is 1. The number of rotatable bonds is 4. The van der Waals surface area contributed by atoms with Crippen molar-refractivity contribution in [1.29, 1.82) is 0 Å². The fourth-order valence-electron chi connectivity index (χ4n) is 3.72. The predicted molar refractivity (Wildman–Crippen MR) is 114 cm³/mol. The predicted octanol–water partition coefficient (Wildman–Crippen LogP) is 3.36. The molecule has 6 heteroatoms. The molecule has 0 aliphatic carbocycles. The normalized spacial score (nSPS) is 15.4. The van der Waals surface area contributed by atoms with Gasteiger partial charge in [0.05, 0.1) is 11.4 Å². The van der Waals surface area contributed by atoms with Crippen LogP contribution in [0.25, 0.3) is 10.8 Å². The smallest absolute Gasteiger partial charge is 0.263 e. The molecule has 1 aromatic heterocycles. The summed E-state index contributed by atoms with van der Waals surface area (Å²) in [6.45, 7) is 8.53. The first-order chi connectivity index (χ1) is 14.0. The van der Waals surface area contributed by atoms with E-state index in [0.29, 0.717) is 18.8 Å². The third-order valence-corrected chi connectivity index (χ3v) is 5.32. The van der Waals surface area contributed by atoms with E-state index in [4.69, 9.17) is 4.74 Å². The second-order valence-electron chi connectivity index (χ2n) is 7.50. The highest BCUT2D eigenvalue weighted by atomic mass is 16.5. The van der Waals surface area contributed by atoms with E-state index < -0.39 is 6.10 Å². The molecule has 1 saturated heterocycles. The molecule has 0 unspecified atom stereocenters. The Balaban J connectivity index is 1.37. The highest BCUT2D eigenvalue weighted by molar-refractivity contribution is 5.84. The number of piperazine rings is 1. The molecule has 1 aliphatic rings. The van der Waals surface area contributed by atoms with E-state index in [-0.39, 0.29) is 5.91 Å². The van der Waals surface area contributed by atoms with E-state index in [1.807, 2.05) is 62.1 Å². The number of fused-ring (bicyclic) bond motifs is 1. The van der Waals surface area contributed by atoms with Crippen molar-refractivity contribution in [2.24, 2.45) is 0 Å². The van der Waals surface area contributed by atoms with Gasteiger partial charge in [0.15, 0.2) is 6.10 Å². The Bertz CT molecular complexity index is 1030.